The average Bonchev–Trinajstić information content (AvgIpc) is 2.90. The molecule has 0 unspecified atom stereocenters. The normalized spacial score (nSPS) is 11.2. The maximum absolute atomic E-state index is 14.7. The zero-order chi connectivity index (χ0) is 30.6. The number of halogens is 9. The van der Waals surface area contributed by atoms with E-state index in [1.165, 1.54) is 0 Å². The van der Waals surface area contributed by atoms with Crippen LogP contribution >= 0.6 is 0 Å². The molecule has 4 rings (SSSR count). The Balaban J connectivity index is 1.52. The van der Waals surface area contributed by atoms with E-state index in [0.29, 0.717) is 36.8 Å². The monoisotopic (exact) mass is 594 g/mol. The summed E-state index contributed by atoms with van der Waals surface area (Å²) in [5, 5.41) is 0. The molecule has 0 bridgehead atoms. The Kier molecular flexibility index (Phi) is 9.05. The van der Waals surface area contributed by atoms with Crippen LogP contribution in [0.4, 0.5) is 39.5 Å². The van der Waals surface area contributed by atoms with Crippen LogP contribution in [0, 0.1) is 52.6 Å². The molecule has 0 heterocycles. The molecule has 0 atom stereocenters. The molecule has 0 aliphatic heterocycles. The smallest absolute Gasteiger partial charge is 0.429 e. The van der Waals surface area contributed by atoms with E-state index in [-0.39, 0.29) is 23.5 Å². The van der Waals surface area contributed by atoms with Crippen molar-refractivity contribution in [1.29, 1.82) is 0 Å². The number of hydrogen-bond donors (Lipinski definition) is 0. The first-order valence-electron chi connectivity index (χ1n) is 12.3. The van der Waals surface area contributed by atoms with Crippen molar-refractivity contribution < 1.29 is 49.0 Å². The van der Waals surface area contributed by atoms with E-state index in [1.54, 1.807) is 0 Å². The van der Waals surface area contributed by atoms with Crippen LogP contribution in [0.2, 0.25) is 0 Å². The van der Waals surface area contributed by atoms with Gasteiger partial charge in [0.1, 0.15) is 40.3 Å². The van der Waals surface area contributed by atoms with E-state index >= 15 is 0 Å². The molecule has 4 aromatic carbocycles. The fourth-order valence-electron chi connectivity index (χ4n) is 3.78. The van der Waals surface area contributed by atoms with Crippen molar-refractivity contribution in [3.05, 3.63) is 118 Å². The van der Waals surface area contributed by atoms with Gasteiger partial charge in [0, 0.05) is 17.7 Å². The van der Waals surface area contributed by atoms with Gasteiger partial charge < -0.3 is 9.47 Å². The average molecular weight is 594 g/mol. The highest BCUT2D eigenvalue weighted by atomic mass is 19.3. The van der Waals surface area contributed by atoms with Gasteiger partial charge in [-0.05, 0) is 60.5 Å². The molecule has 0 amide bonds. The van der Waals surface area contributed by atoms with Gasteiger partial charge in [-0.3, -0.25) is 0 Å². The van der Waals surface area contributed by atoms with E-state index in [1.807, 2.05) is 6.92 Å². The molecule has 0 saturated heterocycles. The SMILES string of the molecule is CCCCOc1ccc(C(F)(F)Oc2ccc(C#Cc3cc(F)c(-c4cc(F)c(F)c(F)c4)c(F)c3)c(F)c2)c(F)c1. The van der Waals surface area contributed by atoms with Crippen molar-refractivity contribution in [2.24, 2.45) is 0 Å². The van der Waals surface area contributed by atoms with Gasteiger partial charge in [-0.2, -0.15) is 8.78 Å². The van der Waals surface area contributed by atoms with E-state index < -0.39 is 69.3 Å². The second kappa shape index (κ2) is 12.5. The Hall–Kier alpha value is -4.59. The van der Waals surface area contributed by atoms with Crippen LogP contribution in [0.3, 0.4) is 0 Å². The molecule has 0 spiro atoms. The second-order valence-electron chi connectivity index (χ2n) is 8.92. The molecule has 0 aliphatic carbocycles. The molecule has 0 aliphatic rings. The molecular weight excluding hydrogens is 575 g/mol. The van der Waals surface area contributed by atoms with Gasteiger partial charge in [0.25, 0.3) is 0 Å². The minimum atomic E-state index is -4.18. The van der Waals surface area contributed by atoms with Crippen molar-refractivity contribution >= 4 is 0 Å². The molecular formula is C31H19F9O2. The molecule has 0 saturated carbocycles. The molecule has 42 heavy (non-hydrogen) atoms. The number of ether oxygens (including phenoxy) is 2. The maximum atomic E-state index is 14.7. The lowest BCUT2D eigenvalue weighted by Gasteiger charge is -2.19. The van der Waals surface area contributed by atoms with Gasteiger partial charge >= 0.3 is 6.11 Å². The van der Waals surface area contributed by atoms with Gasteiger partial charge in [0.05, 0.1) is 17.7 Å². The summed E-state index contributed by atoms with van der Waals surface area (Å²) in [4.78, 5) is 0. The largest absolute Gasteiger partial charge is 0.493 e. The third-order valence-electron chi connectivity index (χ3n) is 5.86. The molecule has 2 nitrogen and oxygen atoms in total. The highest BCUT2D eigenvalue weighted by Crippen LogP contribution is 2.35. The fraction of sp³-hybridized carbons (Fsp3) is 0.161. The van der Waals surface area contributed by atoms with Crippen molar-refractivity contribution in [2.45, 2.75) is 25.9 Å². The topological polar surface area (TPSA) is 18.5 Å². The van der Waals surface area contributed by atoms with E-state index in [0.717, 1.165) is 36.8 Å². The van der Waals surface area contributed by atoms with Crippen LogP contribution in [0.1, 0.15) is 36.5 Å². The highest BCUT2D eigenvalue weighted by molar-refractivity contribution is 5.66. The summed E-state index contributed by atoms with van der Waals surface area (Å²) in [7, 11) is 0. The Morgan fingerprint density at radius 1 is 0.667 bits per heavy atom. The Morgan fingerprint density at radius 2 is 1.29 bits per heavy atom. The van der Waals surface area contributed by atoms with Gasteiger partial charge in [-0.15, -0.1) is 0 Å². The molecule has 0 fully saturated rings. The van der Waals surface area contributed by atoms with Crippen LogP contribution in [-0.2, 0) is 6.11 Å². The van der Waals surface area contributed by atoms with Crippen LogP contribution in [0.5, 0.6) is 11.5 Å². The lowest BCUT2D eigenvalue weighted by atomic mass is 10.0. The van der Waals surface area contributed by atoms with Crippen molar-refractivity contribution in [1.82, 2.24) is 0 Å². The predicted octanol–water partition coefficient (Wildman–Crippen LogP) is 9.03. The second-order valence-corrected chi connectivity index (χ2v) is 8.92. The van der Waals surface area contributed by atoms with Gasteiger partial charge in [0.2, 0.25) is 0 Å². The zero-order valence-electron chi connectivity index (χ0n) is 21.6. The van der Waals surface area contributed by atoms with Gasteiger partial charge in [-0.25, -0.2) is 30.7 Å². The molecule has 0 radical (unpaired) electrons. The van der Waals surface area contributed by atoms with Crippen LogP contribution < -0.4 is 9.47 Å². The minimum absolute atomic E-state index is 0.0575. The third-order valence-corrected chi connectivity index (χ3v) is 5.86. The molecule has 0 N–H and O–H groups in total. The minimum Gasteiger partial charge on any atom is -0.493 e. The summed E-state index contributed by atoms with van der Waals surface area (Å²) in [6.07, 6.45) is -2.67. The number of rotatable bonds is 8. The lowest BCUT2D eigenvalue weighted by Crippen LogP contribution is -2.23. The highest BCUT2D eigenvalue weighted by Gasteiger charge is 2.38. The summed E-state index contributed by atoms with van der Waals surface area (Å²) in [6, 6.07) is 7.43. The first-order valence-corrected chi connectivity index (χ1v) is 12.3. The number of unbranched alkanes of at least 4 members (excludes halogenated alkanes) is 1. The first-order chi connectivity index (χ1) is 19.9. The lowest BCUT2D eigenvalue weighted by molar-refractivity contribution is -0.187. The van der Waals surface area contributed by atoms with E-state index in [2.05, 4.69) is 16.6 Å². The van der Waals surface area contributed by atoms with Gasteiger partial charge in [-0.1, -0.05) is 25.2 Å². The van der Waals surface area contributed by atoms with Crippen molar-refractivity contribution in [3.63, 3.8) is 0 Å². The molecule has 4 aromatic rings. The molecule has 11 heteroatoms. The summed E-state index contributed by atoms with van der Waals surface area (Å²) < 4.78 is 137. The fourth-order valence-corrected chi connectivity index (χ4v) is 3.78. The van der Waals surface area contributed by atoms with Crippen molar-refractivity contribution in [2.75, 3.05) is 6.61 Å². The standard InChI is InChI=1S/C31H19F9O2/c1-2-3-10-41-20-8-9-22(24(33)15-20)31(39,40)42-21-7-6-18(23(32)16-21)5-4-17-11-25(34)29(26(35)12-17)19-13-27(36)30(38)28(37)14-19/h6-9,11-16H,2-3,10H2,1H3. The van der Waals surface area contributed by atoms with Crippen LogP contribution in [0.25, 0.3) is 11.1 Å². The third kappa shape index (κ3) is 6.82. The Labute approximate surface area is 234 Å². The quantitative estimate of drug-likeness (QED) is 0.0878. The number of benzene rings is 4. The molecule has 0 aromatic heterocycles. The van der Waals surface area contributed by atoms with E-state index in [9.17, 15) is 39.5 Å². The predicted molar refractivity (Wildman–Crippen MR) is 135 cm³/mol. The molecule has 218 valence electrons. The van der Waals surface area contributed by atoms with Crippen molar-refractivity contribution in [3.8, 4) is 34.5 Å². The Morgan fingerprint density at radius 3 is 1.88 bits per heavy atom. The van der Waals surface area contributed by atoms with Gasteiger partial charge in [0.15, 0.2) is 17.5 Å². The summed E-state index contributed by atoms with van der Waals surface area (Å²) in [5.74, 6) is -6.14. The van der Waals surface area contributed by atoms with E-state index in [4.69, 9.17) is 4.74 Å². The maximum Gasteiger partial charge on any atom is 0.429 e. The number of alkyl halides is 2. The summed E-state index contributed by atoms with van der Waals surface area (Å²) in [5.41, 5.74) is -3.22. The summed E-state index contributed by atoms with van der Waals surface area (Å²) in [6.45, 7) is 2.20. The van der Waals surface area contributed by atoms with Crippen LogP contribution in [-0.4, -0.2) is 6.61 Å². The Bertz CT molecular complexity index is 1640. The zero-order valence-corrected chi connectivity index (χ0v) is 21.6. The number of hydrogen-bond acceptors (Lipinski definition) is 2. The van der Waals surface area contributed by atoms with Crippen LogP contribution in [0.15, 0.2) is 60.7 Å². The summed E-state index contributed by atoms with van der Waals surface area (Å²) >= 11 is 0. The first kappa shape index (κ1) is 30.4.